The molecule has 3 heteroatoms. The topological polar surface area (TPSA) is 54.4 Å². The average molecular weight is 246 g/mol. The Morgan fingerprint density at radius 2 is 2.00 bits per heavy atom. The lowest BCUT2D eigenvalue weighted by Gasteiger charge is -2.12. The normalized spacial score (nSPS) is 19.2. The maximum Gasteiger partial charge on any atom is 0.304 e. The number of carboxylic acid groups (broad SMARTS) is 1. The lowest BCUT2D eigenvalue weighted by molar-refractivity contribution is -0.137. The van der Waals surface area contributed by atoms with E-state index in [4.69, 9.17) is 5.11 Å². The number of benzene rings is 1. The summed E-state index contributed by atoms with van der Waals surface area (Å²) in [6, 6.07) is 4.00. The molecule has 0 amide bonds. The van der Waals surface area contributed by atoms with Crippen LogP contribution in [0.1, 0.15) is 46.3 Å². The van der Waals surface area contributed by atoms with Crippen LogP contribution in [0, 0.1) is 19.8 Å². The molecule has 1 atom stereocenters. The zero-order chi connectivity index (χ0) is 13.3. The minimum Gasteiger partial charge on any atom is -0.481 e. The first kappa shape index (κ1) is 12.8. The van der Waals surface area contributed by atoms with Gasteiger partial charge in [0.05, 0.1) is 6.42 Å². The molecule has 96 valence electrons. The van der Waals surface area contributed by atoms with Crippen molar-refractivity contribution in [1.29, 1.82) is 0 Å². The summed E-state index contributed by atoms with van der Waals surface area (Å²) in [5.41, 5.74) is 4.11. The van der Waals surface area contributed by atoms with Gasteiger partial charge in [-0.3, -0.25) is 9.59 Å². The molecule has 1 unspecified atom stereocenters. The van der Waals surface area contributed by atoms with E-state index in [1.54, 1.807) is 0 Å². The van der Waals surface area contributed by atoms with Crippen molar-refractivity contribution in [3.8, 4) is 0 Å². The highest BCUT2D eigenvalue weighted by molar-refractivity contribution is 6.01. The van der Waals surface area contributed by atoms with Crippen LogP contribution in [-0.2, 0) is 11.2 Å². The van der Waals surface area contributed by atoms with Crippen LogP contribution in [0.5, 0.6) is 0 Å². The minimum absolute atomic E-state index is 0.00741. The number of ketones is 1. The van der Waals surface area contributed by atoms with Crippen LogP contribution in [0.4, 0.5) is 0 Å². The fourth-order valence-electron chi connectivity index (χ4n) is 2.61. The molecule has 3 nitrogen and oxygen atoms in total. The van der Waals surface area contributed by atoms with Gasteiger partial charge in [0.1, 0.15) is 0 Å². The van der Waals surface area contributed by atoms with E-state index in [1.165, 1.54) is 5.56 Å². The quantitative estimate of drug-likeness (QED) is 0.816. The van der Waals surface area contributed by atoms with Crippen LogP contribution in [-0.4, -0.2) is 16.9 Å². The Bertz CT molecular complexity index is 503. The molecule has 0 fully saturated rings. The summed E-state index contributed by atoms with van der Waals surface area (Å²) in [5, 5.41) is 8.87. The summed E-state index contributed by atoms with van der Waals surface area (Å²) < 4.78 is 0. The van der Waals surface area contributed by atoms with Gasteiger partial charge in [-0.05, 0) is 55.9 Å². The maximum absolute atomic E-state index is 12.4. The second kappa shape index (κ2) is 4.92. The molecule has 2 rings (SSSR count). The van der Waals surface area contributed by atoms with Crippen LogP contribution in [0.3, 0.4) is 0 Å². The van der Waals surface area contributed by atoms with E-state index in [2.05, 4.69) is 6.07 Å². The molecule has 0 aliphatic heterocycles. The molecule has 0 radical (unpaired) electrons. The van der Waals surface area contributed by atoms with E-state index in [0.717, 1.165) is 29.5 Å². The molecule has 1 N–H and O–H groups in total. The monoisotopic (exact) mass is 246 g/mol. The highest BCUT2D eigenvalue weighted by atomic mass is 16.4. The van der Waals surface area contributed by atoms with Gasteiger partial charge in [0, 0.05) is 11.5 Å². The van der Waals surface area contributed by atoms with Crippen molar-refractivity contribution in [2.24, 2.45) is 5.92 Å². The van der Waals surface area contributed by atoms with Gasteiger partial charge in [0.25, 0.3) is 0 Å². The molecule has 0 saturated carbocycles. The predicted molar refractivity (Wildman–Crippen MR) is 68.9 cm³/mol. The van der Waals surface area contributed by atoms with Crippen molar-refractivity contribution in [1.82, 2.24) is 0 Å². The Morgan fingerprint density at radius 1 is 1.33 bits per heavy atom. The Hall–Kier alpha value is -1.64. The molecule has 0 aromatic heterocycles. The summed E-state index contributed by atoms with van der Waals surface area (Å²) in [4.78, 5) is 23.2. The summed E-state index contributed by atoms with van der Waals surface area (Å²) in [6.45, 7) is 4.03. The SMILES string of the molecule is Cc1cc2c(cc1C)C(=O)C(CC(=O)O)CCC2. The van der Waals surface area contributed by atoms with Crippen molar-refractivity contribution in [2.75, 3.05) is 0 Å². The molecular weight excluding hydrogens is 228 g/mol. The van der Waals surface area contributed by atoms with Crippen molar-refractivity contribution in [2.45, 2.75) is 39.5 Å². The number of aryl methyl sites for hydroxylation is 3. The van der Waals surface area contributed by atoms with E-state index < -0.39 is 5.97 Å². The lowest BCUT2D eigenvalue weighted by atomic mass is 9.90. The average Bonchev–Trinajstić information content (AvgIpc) is 2.42. The number of carboxylic acids is 1. The second-order valence-corrected chi connectivity index (χ2v) is 5.14. The van der Waals surface area contributed by atoms with Crippen molar-refractivity contribution in [3.05, 3.63) is 34.4 Å². The molecule has 1 aromatic rings. The van der Waals surface area contributed by atoms with E-state index in [1.807, 2.05) is 19.9 Å². The first-order chi connectivity index (χ1) is 8.49. The van der Waals surface area contributed by atoms with Gasteiger partial charge < -0.3 is 5.11 Å². The third kappa shape index (κ3) is 2.45. The van der Waals surface area contributed by atoms with E-state index in [0.29, 0.717) is 6.42 Å². The van der Waals surface area contributed by atoms with Gasteiger partial charge in [-0.2, -0.15) is 0 Å². The number of fused-ring (bicyclic) bond motifs is 1. The van der Waals surface area contributed by atoms with Crippen LogP contribution in [0.25, 0.3) is 0 Å². The van der Waals surface area contributed by atoms with Gasteiger partial charge >= 0.3 is 5.97 Å². The molecule has 0 spiro atoms. The maximum atomic E-state index is 12.4. The fourth-order valence-corrected chi connectivity index (χ4v) is 2.61. The number of hydrogen-bond acceptors (Lipinski definition) is 2. The Kier molecular flexibility index (Phi) is 3.50. The largest absolute Gasteiger partial charge is 0.481 e. The van der Waals surface area contributed by atoms with Crippen LogP contribution in [0.15, 0.2) is 12.1 Å². The van der Waals surface area contributed by atoms with Gasteiger partial charge in [-0.25, -0.2) is 0 Å². The molecule has 0 heterocycles. The lowest BCUT2D eigenvalue weighted by Crippen LogP contribution is -2.18. The third-order valence-electron chi connectivity index (χ3n) is 3.78. The predicted octanol–water partition coefficient (Wildman–Crippen LogP) is 2.91. The summed E-state index contributed by atoms with van der Waals surface area (Å²) in [7, 11) is 0. The van der Waals surface area contributed by atoms with E-state index in [-0.39, 0.29) is 18.1 Å². The van der Waals surface area contributed by atoms with Crippen molar-refractivity contribution in [3.63, 3.8) is 0 Å². The summed E-state index contributed by atoms with van der Waals surface area (Å²) >= 11 is 0. The van der Waals surface area contributed by atoms with Gasteiger partial charge in [0.15, 0.2) is 5.78 Å². The number of aliphatic carboxylic acids is 1. The van der Waals surface area contributed by atoms with Crippen molar-refractivity contribution >= 4 is 11.8 Å². The minimum atomic E-state index is -0.888. The standard InChI is InChI=1S/C15H18O3/c1-9-6-11-4-3-5-12(8-14(16)17)15(18)13(11)7-10(9)2/h6-7,12H,3-5,8H2,1-2H3,(H,16,17). The number of Topliss-reactive ketones (excluding diaryl/α,β-unsaturated/α-hetero) is 1. The second-order valence-electron chi connectivity index (χ2n) is 5.14. The Labute approximate surface area is 107 Å². The van der Waals surface area contributed by atoms with Gasteiger partial charge in [-0.15, -0.1) is 0 Å². The van der Waals surface area contributed by atoms with Crippen molar-refractivity contribution < 1.29 is 14.7 Å². The van der Waals surface area contributed by atoms with E-state index in [9.17, 15) is 9.59 Å². The fraction of sp³-hybridized carbons (Fsp3) is 0.467. The molecular formula is C15H18O3. The number of rotatable bonds is 2. The van der Waals surface area contributed by atoms with Crippen LogP contribution < -0.4 is 0 Å². The number of hydrogen-bond donors (Lipinski definition) is 1. The zero-order valence-corrected chi connectivity index (χ0v) is 10.8. The highest BCUT2D eigenvalue weighted by Gasteiger charge is 2.27. The molecule has 1 aliphatic rings. The third-order valence-corrected chi connectivity index (χ3v) is 3.78. The summed E-state index contributed by atoms with van der Waals surface area (Å²) in [5.74, 6) is -1.24. The highest BCUT2D eigenvalue weighted by Crippen LogP contribution is 2.28. The Balaban J connectivity index is 2.39. The smallest absolute Gasteiger partial charge is 0.304 e. The van der Waals surface area contributed by atoms with Crippen LogP contribution >= 0.6 is 0 Å². The first-order valence-corrected chi connectivity index (χ1v) is 6.35. The number of carbonyl (C=O) groups is 2. The molecule has 18 heavy (non-hydrogen) atoms. The summed E-state index contributed by atoms with van der Waals surface area (Å²) in [6.07, 6.45) is 2.39. The van der Waals surface area contributed by atoms with Gasteiger partial charge in [-0.1, -0.05) is 6.07 Å². The van der Waals surface area contributed by atoms with E-state index >= 15 is 0 Å². The molecule has 0 bridgehead atoms. The molecule has 1 aliphatic carbocycles. The first-order valence-electron chi connectivity index (χ1n) is 6.35. The molecule has 1 aromatic carbocycles. The Morgan fingerprint density at radius 3 is 2.67 bits per heavy atom. The zero-order valence-electron chi connectivity index (χ0n) is 10.8. The molecule has 0 saturated heterocycles. The number of carbonyl (C=O) groups excluding carboxylic acids is 1. The van der Waals surface area contributed by atoms with Gasteiger partial charge in [0.2, 0.25) is 0 Å². The van der Waals surface area contributed by atoms with Crippen LogP contribution in [0.2, 0.25) is 0 Å².